The van der Waals surface area contributed by atoms with Crippen molar-refractivity contribution >= 4 is 11.0 Å². The molecule has 0 spiro atoms. The Bertz CT molecular complexity index is 922. The number of hydrogen-bond acceptors (Lipinski definition) is 4. The third kappa shape index (κ3) is 2.05. The first-order chi connectivity index (χ1) is 10.8. The van der Waals surface area contributed by atoms with E-state index >= 15 is 0 Å². The second-order valence-electron chi connectivity index (χ2n) is 5.07. The lowest BCUT2D eigenvalue weighted by Gasteiger charge is -2.06. The van der Waals surface area contributed by atoms with E-state index in [9.17, 15) is 0 Å². The Morgan fingerprint density at radius 3 is 2.68 bits per heavy atom. The Balaban J connectivity index is 1.82. The van der Waals surface area contributed by atoms with E-state index in [0.717, 1.165) is 22.7 Å². The van der Waals surface area contributed by atoms with Gasteiger partial charge in [-0.05, 0) is 12.5 Å². The molecule has 4 rings (SSSR count). The van der Waals surface area contributed by atoms with Crippen LogP contribution in [0.5, 0.6) is 0 Å². The first-order valence-electron chi connectivity index (χ1n) is 7.04. The molecule has 0 N–H and O–H groups in total. The van der Waals surface area contributed by atoms with Gasteiger partial charge < -0.3 is 0 Å². The fourth-order valence-electron chi connectivity index (χ4n) is 2.55. The number of imidazole rings is 1. The number of aromatic nitrogens is 6. The van der Waals surface area contributed by atoms with Crippen molar-refractivity contribution in [3.63, 3.8) is 0 Å². The molecule has 0 saturated carbocycles. The van der Waals surface area contributed by atoms with Gasteiger partial charge in [-0.15, -0.1) is 0 Å². The fourth-order valence-corrected chi connectivity index (χ4v) is 2.55. The Morgan fingerprint density at radius 1 is 1.05 bits per heavy atom. The van der Waals surface area contributed by atoms with Crippen molar-refractivity contribution in [2.24, 2.45) is 0 Å². The zero-order valence-electron chi connectivity index (χ0n) is 12.1. The molecule has 108 valence electrons. The molecule has 4 aromatic rings. The lowest BCUT2D eigenvalue weighted by Crippen LogP contribution is -2.04. The van der Waals surface area contributed by atoms with E-state index in [1.54, 1.807) is 12.5 Å². The summed E-state index contributed by atoms with van der Waals surface area (Å²) >= 11 is 0. The van der Waals surface area contributed by atoms with Crippen LogP contribution in [0.25, 0.3) is 16.9 Å². The monoisotopic (exact) mass is 290 g/mol. The molecule has 0 fully saturated rings. The summed E-state index contributed by atoms with van der Waals surface area (Å²) in [7, 11) is 0. The maximum atomic E-state index is 4.47. The summed E-state index contributed by atoms with van der Waals surface area (Å²) in [5.74, 6) is 1.69. The van der Waals surface area contributed by atoms with Crippen LogP contribution in [0.15, 0.2) is 55.2 Å². The average molecular weight is 290 g/mol. The van der Waals surface area contributed by atoms with E-state index in [1.165, 1.54) is 5.56 Å². The highest BCUT2D eigenvalue weighted by molar-refractivity contribution is 5.82. The predicted molar refractivity (Wildman–Crippen MR) is 82.7 cm³/mol. The standard InChI is InChI=1S/C16H14N6/c1-12-17-7-8-21(12)15-14-9-20-22(16(14)19-11-18-15)10-13-5-3-2-4-6-13/h2-9,11H,10H2,1H3. The third-order valence-corrected chi connectivity index (χ3v) is 3.64. The Labute approximate surface area is 127 Å². The third-order valence-electron chi connectivity index (χ3n) is 3.64. The van der Waals surface area contributed by atoms with Crippen LogP contribution in [-0.4, -0.2) is 29.3 Å². The molecule has 0 amide bonds. The van der Waals surface area contributed by atoms with Crippen molar-refractivity contribution in [3.05, 3.63) is 66.6 Å². The van der Waals surface area contributed by atoms with Crippen LogP contribution >= 0.6 is 0 Å². The maximum Gasteiger partial charge on any atom is 0.163 e. The molecule has 0 bridgehead atoms. The lowest BCUT2D eigenvalue weighted by molar-refractivity contribution is 0.703. The van der Waals surface area contributed by atoms with Gasteiger partial charge in [0, 0.05) is 12.4 Å². The summed E-state index contributed by atoms with van der Waals surface area (Å²) in [6.45, 7) is 2.63. The van der Waals surface area contributed by atoms with Gasteiger partial charge in [0.15, 0.2) is 11.5 Å². The van der Waals surface area contributed by atoms with Crippen molar-refractivity contribution in [2.45, 2.75) is 13.5 Å². The van der Waals surface area contributed by atoms with E-state index in [4.69, 9.17) is 0 Å². The van der Waals surface area contributed by atoms with Gasteiger partial charge in [0.05, 0.1) is 18.1 Å². The average Bonchev–Trinajstić information content (AvgIpc) is 3.15. The van der Waals surface area contributed by atoms with E-state index in [-0.39, 0.29) is 0 Å². The van der Waals surface area contributed by atoms with Gasteiger partial charge in [0.1, 0.15) is 12.2 Å². The molecule has 6 nitrogen and oxygen atoms in total. The molecule has 3 aromatic heterocycles. The lowest BCUT2D eigenvalue weighted by atomic mass is 10.2. The molecule has 0 saturated heterocycles. The second-order valence-corrected chi connectivity index (χ2v) is 5.07. The number of benzene rings is 1. The molecule has 0 aliphatic carbocycles. The molecule has 0 unspecified atom stereocenters. The Hall–Kier alpha value is -3.02. The minimum atomic E-state index is 0.684. The summed E-state index contributed by atoms with van der Waals surface area (Å²) in [5.41, 5.74) is 2.01. The highest BCUT2D eigenvalue weighted by atomic mass is 15.3. The van der Waals surface area contributed by atoms with Gasteiger partial charge in [0.25, 0.3) is 0 Å². The molecule has 0 atom stereocenters. The van der Waals surface area contributed by atoms with E-state index in [0.29, 0.717) is 6.54 Å². The first kappa shape index (κ1) is 12.7. The van der Waals surface area contributed by atoms with Crippen LogP contribution in [0.3, 0.4) is 0 Å². The van der Waals surface area contributed by atoms with Crippen molar-refractivity contribution in [1.29, 1.82) is 0 Å². The van der Waals surface area contributed by atoms with Crippen molar-refractivity contribution < 1.29 is 0 Å². The van der Waals surface area contributed by atoms with Crippen LogP contribution < -0.4 is 0 Å². The van der Waals surface area contributed by atoms with Gasteiger partial charge in [0.2, 0.25) is 0 Å². The zero-order chi connectivity index (χ0) is 14.9. The minimum Gasteiger partial charge on any atom is -0.287 e. The minimum absolute atomic E-state index is 0.684. The number of fused-ring (bicyclic) bond motifs is 1. The molecule has 6 heteroatoms. The molecule has 0 aliphatic rings. The number of aryl methyl sites for hydroxylation is 1. The van der Waals surface area contributed by atoms with Gasteiger partial charge in [-0.2, -0.15) is 5.10 Å². The summed E-state index contributed by atoms with van der Waals surface area (Å²) in [6.07, 6.45) is 7.04. The molecule has 3 heterocycles. The Morgan fingerprint density at radius 2 is 1.91 bits per heavy atom. The van der Waals surface area contributed by atoms with Crippen molar-refractivity contribution in [3.8, 4) is 5.82 Å². The van der Waals surface area contributed by atoms with Crippen LogP contribution in [0.2, 0.25) is 0 Å². The van der Waals surface area contributed by atoms with Gasteiger partial charge in [-0.3, -0.25) is 4.57 Å². The summed E-state index contributed by atoms with van der Waals surface area (Å²) in [5, 5.41) is 5.39. The Kier molecular flexibility index (Phi) is 2.93. The van der Waals surface area contributed by atoms with Crippen LogP contribution in [0, 0.1) is 6.92 Å². The predicted octanol–water partition coefficient (Wildman–Crippen LogP) is 2.37. The first-order valence-corrected chi connectivity index (χ1v) is 7.04. The molecule has 0 aliphatic heterocycles. The van der Waals surface area contributed by atoms with Gasteiger partial charge in [-0.1, -0.05) is 30.3 Å². The summed E-state index contributed by atoms with van der Waals surface area (Å²) in [4.78, 5) is 13.0. The highest BCUT2D eigenvalue weighted by Crippen LogP contribution is 2.19. The van der Waals surface area contributed by atoms with E-state index in [1.807, 2.05) is 46.8 Å². The van der Waals surface area contributed by atoms with Crippen molar-refractivity contribution in [1.82, 2.24) is 29.3 Å². The molecule has 0 radical (unpaired) electrons. The number of nitrogens with zero attached hydrogens (tertiary/aromatic N) is 6. The van der Waals surface area contributed by atoms with Gasteiger partial charge >= 0.3 is 0 Å². The molecular weight excluding hydrogens is 276 g/mol. The second kappa shape index (κ2) is 5.07. The fraction of sp³-hybridized carbons (Fsp3) is 0.125. The SMILES string of the molecule is Cc1nccn1-c1ncnc2c1cnn2Cc1ccccc1. The highest BCUT2D eigenvalue weighted by Gasteiger charge is 2.12. The molecule has 1 aromatic carbocycles. The van der Waals surface area contributed by atoms with Crippen molar-refractivity contribution in [2.75, 3.05) is 0 Å². The van der Waals surface area contributed by atoms with E-state index in [2.05, 4.69) is 32.2 Å². The zero-order valence-corrected chi connectivity index (χ0v) is 12.1. The van der Waals surface area contributed by atoms with Crippen LogP contribution in [-0.2, 0) is 6.54 Å². The van der Waals surface area contributed by atoms with Gasteiger partial charge in [-0.25, -0.2) is 19.6 Å². The molecule has 22 heavy (non-hydrogen) atoms. The quantitative estimate of drug-likeness (QED) is 0.581. The number of rotatable bonds is 3. The number of hydrogen-bond donors (Lipinski definition) is 0. The summed E-state index contributed by atoms with van der Waals surface area (Å²) in [6, 6.07) is 10.2. The summed E-state index contributed by atoms with van der Waals surface area (Å²) < 4.78 is 3.83. The molecular formula is C16H14N6. The normalized spacial score (nSPS) is 11.1. The van der Waals surface area contributed by atoms with Crippen LogP contribution in [0.1, 0.15) is 11.4 Å². The maximum absolute atomic E-state index is 4.47. The van der Waals surface area contributed by atoms with E-state index < -0.39 is 0 Å². The van der Waals surface area contributed by atoms with Crippen LogP contribution in [0.4, 0.5) is 0 Å². The largest absolute Gasteiger partial charge is 0.287 e. The smallest absolute Gasteiger partial charge is 0.163 e. The topological polar surface area (TPSA) is 61.4 Å².